The molecule has 0 bridgehead atoms. The van der Waals surface area contributed by atoms with Gasteiger partial charge < -0.3 is 5.32 Å². The van der Waals surface area contributed by atoms with Crippen LogP contribution in [0.5, 0.6) is 0 Å². The van der Waals surface area contributed by atoms with Crippen molar-refractivity contribution in [2.75, 3.05) is 5.32 Å². The number of fused-ring (bicyclic) bond motifs is 1. The lowest BCUT2D eigenvalue weighted by atomic mass is 10.2. The fraction of sp³-hybridized carbons (Fsp3) is 0.238. The minimum absolute atomic E-state index is 0.0221. The van der Waals surface area contributed by atoms with Gasteiger partial charge in [-0.05, 0) is 43.2 Å². The Bertz CT molecular complexity index is 1120. The van der Waals surface area contributed by atoms with E-state index in [-0.39, 0.29) is 22.4 Å². The molecule has 6 nitrogen and oxygen atoms in total. The summed E-state index contributed by atoms with van der Waals surface area (Å²) in [5.74, 6) is -0.380. The Morgan fingerprint density at radius 2 is 1.79 bits per heavy atom. The standard InChI is InChI=1S/C21H21N3O3S/c25-21(23-18-12-15-6-1-4-11-20(15)22-14-18)16-7-5-10-19(13-16)28(26,27)24-17-8-2-3-9-17/h1,4-7,10-14,17,24H,2-3,8-9H2,(H,23,25). The molecule has 1 aliphatic rings. The number of amides is 1. The Labute approximate surface area is 164 Å². The zero-order valence-corrected chi connectivity index (χ0v) is 16.1. The number of sulfonamides is 1. The largest absolute Gasteiger partial charge is 0.321 e. The molecule has 2 aromatic carbocycles. The lowest BCUT2D eigenvalue weighted by molar-refractivity contribution is 0.102. The summed E-state index contributed by atoms with van der Waals surface area (Å²) in [7, 11) is -3.64. The van der Waals surface area contributed by atoms with E-state index < -0.39 is 10.0 Å². The number of carbonyl (C=O) groups is 1. The van der Waals surface area contributed by atoms with Crippen LogP contribution < -0.4 is 10.0 Å². The molecular weight excluding hydrogens is 374 g/mol. The number of aromatic nitrogens is 1. The van der Waals surface area contributed by atoms with Crippen molar-refractivity contribution in [1.82, 2.24) is 9.71 Å². The molecule has 4 rings (SSSR count). The molecule has 144 valence electrons. The Balaban J connectivity index is 1.53. The van der Waals surface area contributed by atoms with Crippen molar-refractivity contribution in [1.29, 1.82) is 0 Å². The second-order valence-electron chi connectivity index (χ2n) is 7.00. The SMILES string of the molecule is O=C(Nc1cnc2ccccc2c1)c1cccc(S(=O)(=O)NC2CCCC2)c1. The molecule has 0 saturated heterocycles. The van der Waals surface area contributed by atoms with E-state index in [1.54, 1.807) is 18.3 Å². The van der Waals surface area contributed by atoms with Crippen LogP contribution in [0, 0.1) is 0 Å². The molecule has 1 aromatic heterocycles. The van der Waals surface area contributed by atoms with Gasteiger partial charge in [-0.15, -0.1) is 0 Å². The average Bonchev–Trinajstić information content (AvgIpc) is 3.20. The highest BCUT2D eigenvalue weighted by molar-refractivity contribution is 7.89. The number of nitrogens with zero attached hydrogens (tertiary/aromatic N) is 1. The van der Waals surface area contributed by atoms with Crippen LogP contribution in [0.3, 0.4) is 0 Å². The first kappa shape index (κ1) is 18.6. The third kappa shape index (κ3) is 4.05. The molecule has 28 heavy (non-hydrogen) atoms. The first-order chi connectivity index (χ1) is 13.5. The summed E-state index contributed by atoms with van der Waals surface area (Å²) in [6.45, 7) is 0. The van der Waals surface area contributed by atoms with Crippen molar-refractivity contribution in [3.05, 3.63) is 66.4 Å². The Morgan fingerprint density at radius 3 is 2.61 bits per heavy atom. The van der Waals surface area contributed by atoms with Gasteiger partial charge in [0.25, 0.3) is 5.91 Å². The van der Waals surface area contributed by atoms with Crippen molar-refractivity contribution in [2.45, 2.75) is 36.6 Å². The second kappa shape index (κ2) is 7.69. The van der Waals surface area contributed by atoms with Crippen LogP contribution in [-0.2, 0) is 10.0 Å². The number of nitrogens with one attached hydrogen (secondary N) is 2. The number of anilines is 1. The molecule has 0 spiro atoms. The Morgan fingerprint density at radius 1 is 1.00 bits per heavy atom. The highest BCUT2D eigenvalue weighted by Crippen LogP contribution is 2.21. The zero-order chi connectivity index (χ0) is 19.6. The molecule has 1 fully saturated rings. The monoisotopic (exact) mass is 395 g/mol. The van der Waals surface area contributed by atoms with Crippen molar-refractivity contribution in [3.8, 4) is 0 Å². The number of carbonyl (C=O) groups excluding carboxylic acids is 1. The van der Waals surface area contributed by atoms with Crippen LogP contribution in [0.25, 0.3) is 10.9 Å². The molecule has 0 radical (unpaired) electrons. The molecule has 3 aromatic rings. The second-order valence-corrected chi connectivity index (χ2v) is 8.72. The van der Waals surface area contributed by atoms with Crippen molar-refractivity contribution in [3.63, 3.8) is 0 Å². The summed E-state index contributed by atoms with van der Waals surface area (Å²) >= 11 is 0. The summed E-state index contributed by atoms with van der Waals surface area (Å²) in [6.07, 6.45) is 5.37. The molecule has 0 unspecified atom stereocenters. The molecule has 1 amide bonds. The van der Waals surface area contributed by atoms with E-state index in [4.69, 9.17) is 0 Å². The lowest BCUT2D eigenvalue weighted by Crippen LogP contribution is -2.32. The zero-order valence-electron chi connectivity index (χ0n) is 15.3. The fourth-order valence-electron chi connectivity index (χ4n) is 3.48. The Hall–Kier alpha value is -2.77. The van der Waals surface area contributed by atoms with Gasteiger partial charge in [-0.2, -0.15) is 0 Å². The van der Waals surface area contributed by atoms with Crippen LogP contribution in [-0.4, -0.2) is 25.4 Å². The normalized spacial score (nSPS) is 15.0. The minimum atomic E-state index is -3.64. The van der Waals surface area contributed by atoms with Gasteiger partial charge in [0.15, 0.2) is 0 Å². The maximum absolute atomic E-state index is 12.6. The molecule has 1 heterocycles. The molecular formula is C21H21N3O3S. The summed E-state index contributed by atoms with van der Waals surface area (Å²) < 4.78 is 28.0. The van der Waals surface area contributed by atoms with E-state index in [0.717, 1.165) is 36.6 Å². The quantitative estimate of drug-likeness (QED) is 0.689. The summed E-state index contributed by atoms with van der Waals surface area (Å²) in [4.78, 5) is 17.0. The minimum Gasteiger partial charge on any atom is -0.321 e. The highest BCUT2D eigenvalue weighted by atomic mass is 32.2. The van der Waals surface area contributed by atoms with Gasteiger partial charge in [-0.1, -0.05) is 37.1 Å². The summed E-state index contributed by atoms with van der Waals surface area (Å²) in [5.41, 5.74) is 1.68. The Kier molecular flexibility index (Phi) is 5.11. The maximum atomic E-state index is 12.6. The highest BCUT2D eigenvalue weighted by Gasteiger charge is 2.23. The van der Waals surface area contributed by atoms with Crippen LogP contribution in [0.2, 0.25) is 0 Å². The van der Waals surface area contributed by atoms with Crippen molar-refractivity contribution in [2.24, 2.45) is 0 Å². The van der Waals surface area contributed by atoms with Crippen LogP contribution >= 0.6 is 0 Å². The van der Waals surface area contributed by atoms with Gasteiger partial charge in [-0.25, -0.2) is 13.1 Å². The van der Waals surface area contributed by atoms with Crippen molar-refractivity contribution < 1.29 is 13.2 Å². The van der Waals surface area contributed by atoms with Crippen LogP contribution in [0.4, 0.5) is 5.69 Å². The molecule has 0 aliphatic heterocycles. The van der Waals surface area contributed by atoms with E-state index in [2.05, 4.69) is 15.0 Å². The van der Waals surface area contributed by atoms with E-state index in [1.165, 1.54) is 12.1 Å². The predicted molar refractivity (Wildman–Crippen MR) is 109 cm³/mol. The molecule has 1 aliphatic carbocycles. The summed E-state index contributed by atoms with van der Waals surface area (Å²) in [6, 6.07) is 15.5. The van der Waals surface area contributed by atoms with E-state index in [1.807, 2.05) is 30.3 Å². The molecule has 2 N–H and O–H groups in total. The fourth-order valence-corrected chi connectivity index (χ4v) is 4.83. The number of benzene rings is 2. The molecule has 1 saturated carbocycles. The van der Waals surface area contributed by atoms with Crippen molar-refractivity contribution >= 4 is 32.5 Å². The third-order valence-corrected chi connectivity index (χ3v) is 6.45. The van der Waals surface area contributed by atoms with Crippen LogP contribution in [0.15, 0.2) is 65.7 Å². The number of pyridine rings is 1. The number of para-hydroxylation sites is 1. The van der Waals surface area contributed by atoms with Gasteiger partial charge in [-0.3, -0.25) is 9.78 Å². The van der Waals surface area contributed by atoms with E-state index in [0.29, 0.717) is 5.69 Å². The van der Waals surface area contributed by atoms with Gasteiger partial charge in [0, 0.05) is 17.0 Å². The maximum Gasteiger partial charge on any atom is 0.255 e. The van der Waals surface area contributed by atoms with Gasteiger partial charge >= 0.3 is 0 Å². The average molecular weight is 395 g/mol. The number of hydrogen-bond acceptors (Lipinski definition) is 4. The number of hydrogen-bond donors (Lipinski definition) is 2. The smallest absolute Gasteiger partial charge is 0.255 e. The van der Waals surface area contributed by atoms with Crippen LogP contribution in [0.1, 0.15) is 36.0 Å². The van der Waals surface area contributed by atoms with Gasteiger partial charge in [0.2, 0.25) is 10.0 Å². The first-order valence-corrected chi connectivity index (χ1v) is 10.8. The third-order valence-electron chi connectivity index (χ3n) is 4.93. The predicted octanol–water partition coefficient (Wildman–Crippen LogP) is 3.71. The van der Waals surface area contributed by atoms with E-state index in [9.17, 15) is 13.2 Å². The molecule has 7 heteroatoms. The van der Waals surface area contributed by atoms with Gasteiger partial charge in [0.1, 0.15) is 0 Å². The lowest BCUT2D eigenvalue weighted by Gasteiger charge is -2.13. The van der Waals surface area contributed by atoms with Gasteiger partial charge in [0.05, 0.1) is 22.3 Å². The van der Waals surface area contributed by atoms with E-state index >= 15 is 0 Å². The topological polar surface area (TPSA) is 88.2 Å². The number of rotatable bonds is 5. The first-order valence-electron chi connectivity index (χ1n) is 9.30. The molecule has 0 atom stereocenters. The summed E-state index contributed by atoms with van der Waals surface area (Å²) in [5, 5.41) is 3.70.